The highest BCUT2D eigenvalue weighted by molar-refractivity contribution is 7.84. The van der Waals surface area contributed by atoms with Gasteiger partial charge in [-0.25, -0.2) is 4.79 Å². The van der Waals surface area contributed by atoms with E-state index >= 15 is 0 Å². The summed E-state index contributed by atoms with van der Waals surface area (Å²) in [6, 6.07) is 13.6. The Morgan fingerprint density at radius 3 is 2.65 bits per heavy atom. The molecule has 0 amide bonds. The first-order valence-corrected chi connectivity index (χ1v) is 7.27. The summed E-state index contributed by atoms with van der Waals surface area (Å²) in [5.41, 5.74) is 0.741. The van der Waals surface area contributed by atoms with Crippen LogP contribution in [0.2, 0.25) is 0 Å². The zero-order valence-corrected chi connectivity index (χ0v) is 11.7. The number of carboxylic acid groups (broad SMARTS) is 1. The minimum absolute atomic E-state index is 0.162. The molecule has 0 aromatic heterocycles. The van der Waals surface area contributed by atoms with E-state index in [1.165, 1.54) is 6.07 Å². The van der Waals surface area contributed by atoms with Crippen LogP contribution >= 0.6 is 0 Å². The van der Waals surface area contributed by atoms with Crippen molar-refractivity contribution >= 4 is 16.8 Å². The van der Waals surface area contributed by atoms with E-state index in [2.05, 4.69) is 0 Å². The molecule has 0 radical (unpaired) electrons. The summed E-state index contributed by atoms with van der Waals surface area (Å²) < 4.78 is 17.4. The minimum atomic E-state index is -1.32. The number of hydrogen-bond donors (Lipinski definition) is 1. The van der Waals surface area contributed by atoms with Crippen molar-refractivity contribution in [2.24, 2.45) is 0 Å². The van der Waals surface area contributed by atoms with Crippen molar-refractivity contribution in [1.82, 2.24) is 0 Å². The van der Waals surface area contributed by atoms with Crippen LogP contribution in [0.5, 0.6) is 5.75 Å². The average Bonchev–Trinajstić information content (AvgIpc) is 2.47. The van der Waals surface area contributed by atoms with Crippen LogP contribution in [0.15, 0.2) is 53.4 Å². The largest absolute Gasteiger partial charge is 0.497 e. The highest BCUT2D eigenvalue weighted by Crippen LogP contribution is 2.19. The molecular formula is C15H14O4S. The molecule has 0 heterocycles. The summed E-state index contributed by atoms with van der Waals surface area (Å²) in [6.07, 6.45) is 0. The summed E-state index contributed by atoms with van der Waals surface area (Å²) in [5.74, 6) is -0.221. The fourth-order valence-electron chi connectivity index (χ4n) is 1.82. The molecule has 0 fully saturated rings. The molecule has 20 heavy (non-hydrogen) atoms. The van der Waals surface area contributed by atoms with Gasteiger partial charge in [0.2, 0.25) is 0 Å². The normalized spacial score (nSPS) is 11.8. The van der Waals surface area contributed by atoms with Crippen LogP contribution in [0.25, 0.3) is 0 Å². The van der Waals surface area contributed by atoms with Crippen LogP contribution in [0.1, 0.15) is 15.9 Å². The minimum Gasteiger partial charge on any atom is -0.497 e. The maximum absolute atomic E-state index is 12.3. The van der Waals surface area contributed by atoms with Gasteiger partial charge in [0, 0.05) is 4.90 Å². The first kappa shape index (κ1) is 14.3. The Hall–Kier alpha value is -2.14. The Labute approximate surface area is 119 Å². The van der Waals surface area contributed by atoms with Crippen molar-refractivity contribution in [1.29, 1.82) is 0 Å². The highest BCUT2D eigenvalue weighted by Gasteiger charge is 2.13. The summed E-state index contributed by atoms with van der Waals surface area (Å²) in [5, 5.41) is 9.11. The summed E-state index contributed by atoms with van der Waals surface area (Å²) in [6.45, 7) is 0. The molecule has 0 saturated heterocycles. The molecule has 4 nitrogen and oxygen atoms in total. The Bertz CT molecular complexity index is 652. The predicted octanol–water partition coefficient (Wildman–Crippen LogP) is 2.70. The van der Waals surface area contributed by atoms with Gasteiger partial charge in [0.15, 0.2) is 0 Å². The van der Waals surface area contributed by atoms with E-state index in [1.54, 1.807) is 49.6 Å². The topological polar surface area (TPSA) is 63.6 Å². The Morgan fingerprint density at radius 2 is 1.95 bits per heavy atom. The number of hydrogen-bond acceptors (Lipinski definition) is 3. The molecule has 0 spiro atoms. The molecule has 2 aromatic rings. The maximum Gasteiger partial charge on any atom is 0.335 e. The number of methoxy groups -OCH3 is 1. The SMILES string of the molecule is COc1cccc(S(=O)Cc2ccccc2C(=O)O)c1. The van der Waals surface area contributed by atoms with Gasteiger partial charge in [0.1, 0.15) is 5.75 Å². The molecule has 2 aromatic carbocycles. The van der Waals surface area contributed by atoms with Crippen molar-refractivity contribution in [3.05, 3.63) is 59.7 Å². The third kappa shape index (κ3) is 3.24. The van der Waals surface area contributed by atoms with E-state index in [1.807, 2.05) is 0 Å². The molecule has 0 bridgehead atoms. The zero-order chi connectivity index (χ0) is 14.5. The van der Waals surface area contributed by atoms with Crippen LogP contribution in [0, 0.1) is 0 Å². The highest BCUT2D eigenvalue weighted by atomic mass is 32.2. The lowest BCUT2D eigenvalue weighted by Gasteiger charge is -2.07. The van der Waals surface area contributed by atoms with Gasteiger partial charge in [-0.05, 0) is 29.8 Å². The van der Waals surface area contributed by atoms with E-state index in [9.17, 15) is 9.00 Å². The standard InChI is InChI=1S/C15H14O4S/c1-19-12-6-4-7-13(9-12)20(18)10-11-5-2-3-8-14(11)15(16)17/h2-9H,10H2,1H3,(H,16,17). The first-order chi connectivity index (χ1) is 9.61. The van der Waals surface area contributed by atoms with E-state index in [4.69, 9.17) is 9.84 Å². The Kier molecular flexibility index (Phi) is 4.53. The van der Waals surface area contributed by atoms with Gasteiger partial charge in [-0.15, -0.1) is 0 Å². The molecule has 5 heteroatoms. The lowest BCUT2D eigenvalue weighted by Crippen LogP contribution is -2.05. The van der Waals surface area contributed by atoms with Crippen molar-refractivity contribution in [2.45, 2.75) is 10.6 Å². The second-order valence-corrected chi connectivity index (χ2v) is 5.58. The number of rotatable bonds is 5. The van der Waals surface area contributed by atoms with Crippen LogP contribution in [-0.4, -0.2) is 22.4 Å². The fraction of sp³-hybridized carbons (Fsp3) is 0.133. The lowest BCUT2D eigenvalue weighted by atomic mass is 10.1. The Morgan fingerprint density at radius 1 is 1.20 bits per heavy atom. The fourth-order valence-corrected chi connectivity index (χ4v) is 3.00. The third-order valence-electron chi connectivity index (χ3n) is 2.84. The summed E-state index contributed by atoms with van der Waals surface area (Å²) in [7, 11) is 0.227. The van der Waals surface area contributed by atoms with Gasteiger partial charge in [0.25, 0.3) is 0 Å². The van der Waals surface area contributed by atoms with Crippen molar-refractivity contribution in [3.8, 4) is 5.75 Å². The summed E-state index contributed by atoms with van der Waals surface area (Å²) in [4.78, 5) is 11.7. The van der Waals surface area contributed by atoms with Gasteiger partial charge in [0.05, 0.1) is 29.2 Å². The van der Waals surface area contributed by atoms with Crippen LogP contribution < -0.4 is 4.74 Å². The third-order valence-corrected chi connectivity index (χ3v) is 4.19. The zero-order valence-electron chi connectivity index (χ0n) is 10.9. The number of benzene rings is 2. The molecule has 0 aliphatic rings. The molecular weight excluding hydrogens is 276 g/mol. The number of carboxylic acids is 1. The van der Waals surface area contributed by atoms with Crippen LogP contribution in [0.3, 0.4) is 0 Å². The quantitative estimate of drug-likeness (QED) is 0.919. The molecule has 0 saturated carbocycles. The van der Waals surface area contributed by atoms with Gasteiger partial charge < -0.3 is 9.84 Å². The molecule has 1 unspecified atom stereocenters. The van der Waals surface area contributed by atoms with E-state index < -0.39 is 16.8 Å². The second kappa shape index (κ2) is 6.34. The number of carbonyl (C=O) groups is 1. The van der Waals surface area contributed by atoms with E-state index in [0.717, 1.165) is 0 Å². The smallest absolute Gasteiger partial charge is 0.335 e. The van der Waals surface area contributed by atoms with Crippen molar-refractivity contribution in [3.63, 3.8) is 0 Å². The van der Waals surface area contributed by atoms with E-state index in [0.29, 0.717) is 16.2 Å². The van der Waals surface area contributed by atoms with Gasteiger partial charge >= 0.3 is 5.97 Å². The molecule has 104 valence electrons. The van der Waals surface area contributed by atoms with Crippen LogP contribution in [-0.2, 0) is 16.6 Å². The monoisotopic (exact) mass is 290 g/mol. The van der Waals surface area contributed by atoms with Crippen LogP contribution in [0.4, 0.5) is 0 Å². The summed E-state index contributed by atoms with van der Waals surface area (Å²) >= 11 is 0. The second-order valence-electron chi connectivity index (χ2n) is 4.13. The lowest BCUT2D eigenvalue weighted by molar-refractivity contribution is 0.0696. The first-order valence-electron chi connectivity index (χ1n) is 5.95. The Balaban J connectivity index is 2.25. The molecule has 2 rings (SSSR count). The number of aromatic carboxylic acids is 1. The molecule has 0 aliphatic heterocycles. The molecule has 1 atom stereocenters. The molecule has 1 N–H and O–H groups in total. The van der Waals surface area contributed by atoms with Crippen molar-refractivity contribution < 1.29 is 18.8 Å². The number of ether oxygens (including phenoxy) is 1. The van der Waals surface area contributed by atoms with Crippen molar-refractivity contribution in [2.75, 3.05) is 7.11 Å². The van der Waals surface area contributed by atoms with Gasteiger partial charge in [-0.2, -0.15) is 0 Å². The predicted molar refractivity (Wildman–Crippen MR) is 76.5 cm³/mol. The average molecular weight is 290 g/mol. The molecule has 0 aliphatic carbocycles. The van der Waals surface area contributed by atoms with E-state index in [-0.39, 0.29) is 11.3 Å². The van der Waals surface area contributed by atoms with Gasteiger partial charge in [-0.3, -0.25) is 4.21 Å². The maximum atomic E-state index is 12.3. The van der Waals surface area contributed by atoms with Gasteiger partial charge in [-0.1, -0.05) is 24.3 Å².